The number of carbonyl (C=O) groups is 6. The molecule has 18 nitrogen and oxygen atoms in total. The van der Waals surface area contributed by atoms with Crippen LogP contribution in [0.1, 0.15) is 48.5 Å². The highest BCUT2D eigenvalue weighted by atomic mass is 127. The van der Waals surface area contributed by atoms with Crippen LogP contribution in [0.3, 0.4) is 0 Å². The molecule has 2 heterocycles. The molecule has 0 saturated carbocycles. The van der Waals surface area contributed by atoms with Gasteiger partial charge in [-0.2, -0.15) is 0 Å². The molecule has 0 aliphatic carbocycles. The van der Waals surface area contributed by atoms with Crippen LogP contribution in [-0.4, -0.2) is 169 Å². The Labute approximate surface area is 344 Å². The van der Waals surface area contributed by atoms with Gasteiger partial charge in [-0.1, -0.05) is 22.6 Å². The van der Waals surface area contributed by atoms with Gasteiger partial charge in [-0.15, -0.1) is 0 Å². The van der Waals surface area contributed by atoms with Crippen LogP contribution in [0.4, 0.5) is 0 Å². The zero-order valence-corrected chi connectivity index (χ0v) is 36.7. The van der Waals surface area contributed by atoms with E-state index in [1.807, 2.05) is 41.6 Å². The summed E-state index contributed by atoms with van der Waals surface area (Å²) in [4.78, 5) is 78.0. The van der Waals surface area contributed by atoms with E-state index in [0.29, 0.717) is 19.6 Å². The molecule has 0 aromatic carbocycles. The van der Waals surface area contributed by atoms with E-state index in [-0.39, 0.29) is 101 Å². The molecule has 0 spiro atoms. The molecule has 2 saturated heterocycles. The van der Waals surface area contributed by atoms with Crippen molar-refractivity contribution in [3.05, 3.63) is 0 Å². The summed E-state index contributed by atoms with van der Waals surface area (Å²) in [5.41, 5.74) is -3.82. The van der Waals surface area contributed by atoms with Crippen molar-refractivity contribution in [1.29, 1.82) is 0 Å². The topological polar surface area (TPSA) is 241 Å². The largest absolute Gasteiger partial charge is 0.464 e. The predicted octanol–water partition coefficient (Wildman–Crippen LogP) is -0.592. The van der Waals surface area contributed by atoms with E-state index in [1.54, 1.807) is 48.5 Å². The maximum Gasteiger partial charge on any atom is 0.313 e. The first-order chi connectivity index (χ1) is 26.1. The Hall–Kier alpha value is -2.69. The minimum Gasteiger partial charge on any atom is -0.464 e. The highest BCUT2D eigenvalue weighted by Gasteiger charge is 2.48. The molecule has 0 aromatic rings. The molecule has 0 aromatic heterocycles. The van der Waals surface area contributed by atoms with Crippen LogP contribution >= 0.6 is 22.6 Å². The van der Waals surface area contributed by atoms with Crippen molar-refractivity contribution in [2.75, 3.05) is 111 Å². The minimum absolute atomic E-state index is 0.0440. The predicted molar refractivity (Wildman–Crippen MR) is 214 cm³/mol. The van der Waals surface area contributed by atoms with Gasteiger partial charge >= 0.3 is 17.9 Å². The Morgan fingerprint density at radius 3 is 1.57 bits per heavy atom. The molecule has 2 fully saturated rings. The molecule has 3 atom stereocenters. The van der Waals surface area contributed by atoms with Gasteiger partial charge in [-0.05, 0) is 62.6 Å². The molecule has 2 rings (SSSR count). The number of esters is 3. The fraction of sp³-hybridized carbons (Fsp3) is 0.838. The lowest BCUT2D eigenvalue weighted by atomic mass is 9.87. The van der Waals surface area contributed by atoms with Crippen molar-refractivity contribution in [2.45, 2.75) is 66.6 Å². The minimum atomic E-state index is -1.32. The molecule has 56 heavy (non-hydrogen) atoms. The van der Waals surface area contributed by atoms with E-state index in [9.17, 15) is 28.8 Å². The fourth-order valence-electron chi connectivity index (χ4n) is 5.08. The second kappa shape index (κ2) is 23.0. The van der Waals surface area contributed by atoms with Gasteiger partial charge in [0.15, 0.2) is 0 Å². The highest BCUT2D eigenvalue weighted by Crippen LogP contribution is 2.32. The van der Waals surface area contributed by atoms with E-state index in [0.717, 1.165) is 0 Å². The molecule has 2 aliphatic heterocycles. The number of rotatable bonds is 28. The van der Waals surface area contributed by atoms with Gasteiger partial charge in [-0.25, -0.2) is 0 Å². The molecule has 3 unspecified atom stereocenters. The lowest BCUT2D eigenvalue weighted by Gasteiger charge is -2.35. The summed E-state index contributed by atoms with van der Waals surface area (Å²) in [6, 6.07) is -0.759. The maximum atomic E-state index is 13.2. The molecule has 2 aliphatic rings. The first kappa shape index (κ1) is 49.5. The highest BCUT2D eigenvalue weighted by molar-refractivity contribution is 14.1. The average molecular weight is 913 g/mol. The van der Waals surface area contributed by atoms with Crippen molar-refractivity contribution in [3.8, 4) is 0 Å². The first-order valence-electron chi connectivity index (χ1n) is 18.9. The van der Waals surface area contributed by atoms with Crippen LogP contribution < -0.4 is 26.6 Å². The van der Waals surface area contributed by atoms with Crippen molar-refractivity contribution >= 4 is 58.2 Å². The molecule has 322 valence electrons. The van der Waals surface area contributed by atoms with Crippen LogP contribution in [0.25, 0.3) is 0 Å². The number of hydrogen-bond acceptors (Lipinski definition) is 15. The molecule has 0 radical (unpaired) electrons. The van der Waals surface area contributed by atoms with Crippen molar-refractivity contribution < 1.29 is 57.2 Å². The summed E-state index contributed by atoms with van der Waals surface area (Å²) >= 11 is 1.94. The SMILES string of the molecule is CN(C)CC(NC(=O)CI)C(=O)NCCOCCOCCNC(=O)COCC(COC(=O)C(C)(C)C)(COC(=O)C(C)(C)C1CN1)COC(=O)C(C)(C)C1CN1. The van der Waals surface area contributed by atoms with Crippen molar-refractivity contribution in [2.24, 2.45) is 21.7 Å². The third-order valence-corrected chi connectivity index (χ3v) is 9.89. The number of ether oxygens (including phenoxy) is 6. The third-order valence-electron chi connectivity index (χ3n) is 9.20. The number of nitrogens with one attached hydrogen (secondary N) is 5. The monoisotopic (exact) mass is 912 g/mol. The lowest BCUT2D eigenvalue weighted by molar-refractivity contribution is -0.178. The number of alkyl halides is 1. The summed E-state index contributed by atoms with van der Waals surface area (Å²) in [6.07, 6.45) is 0. The van der Waals surface area contributed by atoms with Gasteiger partial charge in [-0.3, -0.25) is 28.8 Å². The zero-order valence-electron chi connectivity index (χ0n) is 34.6. The number of carbonyl (C=O) groups excluding carboxylic acids is 6. The third kappa shape index (κ3) is 17.8. The van der Waals surface area contributed by atoms with Crippen LogP contribution in [0.2, 0.25) is 0 Å². The quantitative estimate of drug-likeness (QED) is 0.0165. The lowest BCUT2D eigenvalue weighted by Crippen LogP contribution is -2.52. The number of halogens is 1. The van der Waals surface area contributed by atoms with Crippen LogP contribution in [0.5, 0.6) is 0 Å². The summed E-state index contributed by atoms with van der Waals surface area (Å²) in [5, 5.41) is 14.4. The van der Waals surface area contributed by atoms with E-state index < -0.39 is 51.5 Å². The summed E-state index contributed by atoms with van der Waals surface area (Å²) in [7, 11) is 3.63. The standard InChI is InChI=1S/C37H65IN6O12/c1-34(2,3)31(48)54-22-37(23-55-32(49)35(4,5)26-17-41-26,24-56-33(50)36(6,7)27-18-42-27)21-53-20-29(46)39-10-12-51-14-15-52-13-11-40-30(47)25(19-44(8)9)43-28(45)16-38/h25-27,41-42H,10-24H2,1-9H3,(H,39,46)(H,40,47)(H,43,45). The number of likely N-dealkylation sites (N-methyl/N-ethyl adjacent to an activating group) is 1. The summed E-state index contributed by atoms with van der Waals surface area (Å²) < 4.78 is 34.4. The zero-order chi connectivity index (χ0) is 42.2. The number of nitrogens with zero attached hydrogens (tertiary/aromatic N) is 1. The normalized spacial score (nSPS) is 18.3. The van der Waals surface area contributed by atoms with E-state index in [2.05, 4.69) is 26.6 Å². The van der Waals surface area contributed by atoms with Gasteiger partial charge in [0.25, 0.3) is 0 Å². The van der Waals surface area contributed by atoms with Gasteiger partial charge in [0.1, 0.15) is 32.5 Å². The smallest absolute Gasteiger partial charge is 0.313 e. The Bertz CT molecular complexity index is 1280. The van der Waals surface area contributed by atoms with Crippen LogP contribution in [0.15, 0.2) is 0 Å². The Morgan fingerprint density at radius 1 is 0.679 bits per heavy atom. The second-order valence-electron chi connectivity index (χ2n) is 16.7. The molecular formula is C37H65IN6O12. The van der Waals surface area contributed by atoms with Gasteiger partial charge in [0.05, 0.1) is 59.1 Å². The van der Waals surface area contributed by atoms with Crippen molar-refractivity contribution in [3.63, 3.8) is 0 Å². The number of hydrogen-bond donors (Lipinski definition) is 5. The fourth-order valence-corrected chi connectivity index (χ4v) is 5.30. The maximum absolute atomic E-state index is 13.2. The Balaban J connectivity index is 1.86. The molecule has 3 amide bonds. The summed E-state index contributed by atoms with van der Waals surface area (Å²) in [6.45, 7) is 13.8. The molecule has 19 heteroatoms. The van der Waals surface area contributed by atoms with E-state index in [1.165, 1.54) is 0 Å². The second-order valence-corrected chi connectivity index (χ2v) is 17.5. The van der Waals surface area contributed by atoms with Crippen LogP contribution in [-0.2, 0) is 57.2 Å². The molecule has 5 N–H and O–H groups in total. The van der Waals surface area contributed by atoms with E-state index >= 15 is 0 Å². The molecular weight excluding hydrogens is 847 g/mol. The molecule has 0 bridgehead atoms. The van der Waals surface area contributed by atoms with Gasteiger partial charge < -0.3 is 59.9 Å². The van der Waals surface area contributed by atoms with Crippen LogP contribution in [0, 0.1) is 21.7 Å². The first-order valence-corrected chi connectivity index (χ1v) is 20.4. The van der Waals surface area contributed by atoms with Gasteiger partial charge in [0, 0.05) is 44.8 Å². The van der Waals surface area contributed by atoms with E-state index in [4.69, 9.17) is 28.4 Å². The Kier molecular flexibility index (Phi) is 20.3. The summed E-state index contributed by atoms with van der Waals surface area (Å²) in [5.74, 6) is -2.43. The Morgan fingerprint density at radius 2 is 1.14 bits per heavy atom. The van der Waals surface area contributed by atoms with Crippen molar-refractivity contribution in [1.82, 2.24) is 31.5 Å². The average Bonchev–Trinajstić information content (AvgIpc) is 4.04. The van der Waals surface area contributed by atoms with Gasteiger partial charge in [0.2, 0.25) is 17.7 Å². The number of amides is 3.